The predicted molar refractivity (Wildman–Crippen MR) is 115 cm³/mol. The largest absolute Gasteiger partial charge is 0.467 e. The van der Waals surface area contributed by atoms with Crippen LogP contribution < -0.4 is 4.74 Å². The van der Waals surface area contributed by atoms with Crippen molar-refractivity contribution in [3.63, 3.8) is 0 Å². The van der Waals surface area contributed by atoms with Crippen LogP contribution in [0.1, 0.15) is 36.0 Å². The van der Waals surface area contributed by atoms with E-state index in [1.807, 2.05) is 34.5 Å². The van der Waals surface area contributed by atoms with E-state index in [0.29, 0.717) is 6.04 Å². The Labute approximate surface area is 177 Å². The van der Waals surface area contributed by atoms with Crippen LogP contribution in [0.2, 0.25) is 0 Å². The van der Waals surface area contributed by atoms with Crippen molar-refractivity contribution in [1.82, 2.24) is 14.8 Å². The number of rotatable bonds is 4. The van der Waals surface area contributed by atoms with Gasteiger partial charge in [0.1, 0.15) is 6.10 Å². The summed E-state index contributed by atoms with van der Waals surface area (Å²) in [7, 11) is 0. The van der Waals surface area contributed by atoms with Crippen LogP contribution in [0.15, 0.2) is 35.8 Å². The van der Waals surface area contributed by atoms with Crippen LogP contribution >= 0.6 is 33.9 Å². The predicted octanol–water partition coefficient (Wildman–Crippen LogP) is 3.90. The molecular formula is C20H24IN3O2S. The quantitative estimate of drug-likeness (QED) is 0.602. The Morgan fingerprint density at radius 2 is 1.93 bits per heavy atom. The van der Waals surface area contributed by atoms with Gasteiger partial charge < -0.3 is 9.64 Å². The zero-order valence-corrected chi connectivity index (χ0v) is 18.2. The monoisotopic (exact) mass is 497 g/mol. The highest BCUT2D eigenvalue weighted by atomic mass is 127. The maximum Gasteiger partial charge on any atom is 0.273 e. The summed E-state index contributed by atoms with van der Waals surface area (Å²) in [4.78, 5) is 21.5. The van der Waals surface area contributed by atoms with Crippen LogP contribution in [0.5, 0.6) is 5.19 Å². The SMILES string of the molecule is O=C(c1cccc(I)c1)N1CCC(N2CCC(Oc3nccs3)CC2)CC1. The third kappa shape index (κ3) is 4.81. The summed E-state index contributed by atoms with van der Waals surface area (Å²) in [6.45, 7) is 3.85. The second-order valence-electron chi connectivity index (χ2n) is 7.18. The number of piperidine rings is 2. The van der Waals surface area contributed by atoms with E-state index in [4.69, 9.17) is 4.74 Å². The molecule has 5 nitrogen and oxygen atoms in total. The lowest BCUT2D eigenvalue weighted by atomic mass is 9.98. The Morgan fingerprint density at radius 1 is 1.15 bits per heavy atom. The van der Waals surface area contributed by atoms with Crippen molar-refractivity contribution in [2.75, 3.05) is 26.2 Å². The molecule has 3 heterocycles. The number of amides is 1. The highest BCUT2D eigenvalue weighted by Crippen LogP contribution is 2.25. The Morgan fingerprint density at radius 3 is 2.59 bits per heavy atom. The average molecular weight is 497 g/mol. The molecule has 2 saturated heterocycles. The fourth-order valence-corrected chi connectivity index (χ4v) is 5.10. The topological polar surface area (TPSA) is 45.7 Å². The molecule has 0 unspecified atom stereocenters. The zero-order chi connectivity index (χ0) is 18.6. The van der Waals surface area contributed by atoms with E-state index in [9.17, 15) is 4.79 Å². The van der Waals surface area contributed by atoms with Crippen LogP contribution in [-0.4, -0.2) is 59.0 Å². The molecule has 1 aromatic carbocycles. The van der Waals surface area contributed by atoms with Crippen LogP contribution in [0.4, 0.5) is 0 Å². The van der Waals surface area contributed by atoms with E-state index in [-0.39, 0.29) is 12.0 Å². The Hall–Kier alpha value is -1.19. The van der Waals surface area contributed by atoms with E-state index in [2.05, 4.69) is 32.5 Å². The van der Waals surface area contributed by atoms with E-state index in [1.54, 1.807) is 17.5 Å². The number of likely N-dealkylation sites (tertiary alicyclic amines) is 2. The molecule has 144 valence electrons. The maximum absolute atomic E-state index is 12.7. The lowest BCUT2D eigenvalue weighted by Crippen LogP contribution is -2.50. The first kappa shape index (κ1) is 19.1. The fraction of sp³-hybridized carbons (Fsp3) is 0.500. The minimum Gasteiger partial charge on any atom is -0.467 e. The lowest BCUT2D eigenvalue weighted by molar-refractivity contribution is 0.0425. The third-order valence-electron chi connectivity index (χ3n) is 5.49. The number of ether oxygens (including phenoxy) is 1. The van der Waals surface area contributed by atoms with Gasteiger partial charge in [-0.2, -0.15) is 0 Å². The number of thiazole rings is 1. The molecule has 1 aromatic heterocycles. The molecular weight excluding hydrogens is 473 g/mol. The Balaban J connectivity index is 1.24. The first-order valence-electron chi connectivity index (χ1n) is 9.54. The number of carbonyl (C=O) groups excluding carboxylic acids is 1. The van der Waals surface area contributed by atoms with Crippen molar-refractivity contribution < 1.29 is 9.53 Å². The molecule has 0 spiro atoms. The first-order valence-corrected chi connectivity index (χ1v) is 11.5. The first-order chi connectivity index (χ1) is 13.2. The van der Waals surface area contributed by atoms with E-state index >= 15 is 0 Å². The maximum atomic E-state index is 12.7. The van der Waals surface area contributed by atoms with Gasteiger partial charge in [-0.3, -0.25) is 9.69 Å². The van der Waals surface area contributed by atoms with Gasteiger partial charge >= 0.3 is 0 Å². The van der Waals surface area contributed by atoms with Crippen molar-refractivity contribution in [3.8, 4) is 5.19 Å². The Kier molecular flexibility index (Phi) is 6.29. The summed E-state index contributed by atoms with van der Waals surface area (Å²) in [6, 6.07) is 8.46. The second-order valence-corrected chi connectivity index (χ2v) is 9.29. The van der Waals surface area contributed by atoms with Crippen molar-refractivity contribution in [2.24, 2.45) is 0 Å². The van der Waals surface area contributed by atoms with Gasteiger partial charge in [0.25, 0.3) is 11.1 Å². The van der Waals surface area contributed by atoms with Crippen molar-refractivity contribution in [1.29, 1.82) is 0 Å². The summed E-state index contributed by atoms with van der Waals surface area (Å²) in [6.07, 6.45) is 6.32. The van der Waals surface area contributed by atoms with Gasteiger partial charge in [0.05, 0.1) is 0 Å². The van der Waals surface area contributed by atoms with E-state index < -0.39 is 0 Å². The van der Waals surface area contributed by atoms with Crippen LogP contribution in [0.3, 0.4) is 0 Å². The minimum atomic E-state index is 0.169. The Bertz CT molecular complexity index is 754. The summed E-state index contributed by atoms with van der Waals surface area (Å²) in [5.41, 5.74) is 0.806. The summed E-state index contributed by atoms with van der Waals surface area (Å²) in [5.74, 6) is 0.169. The zero-order valence-electron chi connectivity index (χ0n) is 15.2. The third-order valence-corrected chi connectivity index (χ3v) is 6.83. The van der Waals surface area contributed by atoms with Crippen molar-refractivity contribution in [2.45, 2.75) is 37.8 Å². The molecule has 0 saturated carbocycles. The van der Waals surface area contributed by atoms with Crippen LogP contribution in [-0.2, 0) is 0 Å². The fourth-order valence-electron chi connectivity index (χ4n) is 4.01. The lowest BCUT2D eigenvalue weighted by Gasteiger charge is -2.41. The van der Waals surface area contributed by atoms with Gasteiger partial charge in [-0.05, 0) is 66.5 Å². The number of aromatic nitrogens is 1. The number of carbonyl (C=O) groups is 1. The summed E-state index contributed by atoms with van der Waals surface area (Å²) < 4.78 is 7.07. The smallest absolute Gasteiger partial charge is 0.273 e. The normalized spacial score (nSPS) is 20.0. The molecule has 2 fully saturated rings. The average Bonchev–Trinajstić information content (AvgIpc) is 3.21. The number of nitrogens with zero attached hydrogens (tertiary/aromatic N) is 3. The van der Waals surface area contributed by atoms with E-state index in [1.165, 1.54) is 0 Å². The molecule has 2 aromatic rings. The molecule has 4 rings (SSSR count). The van der Waals surface area contributed by atoms with Gasteiger partial charge in [-0.25, -0.2) is 4.98 Å². The highest BCUT2D eigenvalue weighted by Gasteiger charge is 2.30. The number of hydrogen-bond acceptors (Lipinski definition) is 5. The van der Waals surface area contributed by atoms with Gasteiger partial charge in [0, 0.05) is 52.9 Å². The summed E-state index contributed by atoms with van der Waals surface area (Å²) >= 11 is 3.82. The standard InChI is InChI=1S/C20H24IN3O2S/c21-16-3-1-2-15(14-16)19(25)24-9-4-17(5-10-24)23-11-6-18(7-12-23)26-20-22-8-13-27-20/h1-3,8,13-14,17-18H,4-7,9-12H2. The second kappa shape index (κ2) is 8.87. The molecule has 27 heavy (non-hydrogen) atoms. The van der Waals surface area contributed by atoms with Crippen molar-refractivity contribution >= 4 is 39.8 Å². The molecule has 0 radical (unpaired) electrons. The van der Waals surface area contributed by atoms with Crippen LogP contribution in [0.25, 0.3) is 0 Å². The molecule has 1 amide bonds. The molecule has 0 bridgehead atoms. The van der Waals surface area contributed by atoms with Gasteiger partial charge in [-0.1, -0.05) is 17.4 Å². The summed E-state index contributed by atoms with van der Waals surface area (Å²) in [5, 5.41) is 2.74. The van der Waals surface area contributed by atoms with E-state index in [0.717, 1.165) is 66.2 Å². The molecule has 0 atom stereocenters. The van der Waals surface area contributed by atoms with Gasteiger partial charge in [0.2, 0.25) is 0 Å². The molecule has 0 N–H and O–H groups in total. The van der Waals surface area contributed by atoms with Gasteiger partial charge in [-0.15, -0.1) is 0 Å². The molecule has 2 aliphatic heterocycles. The molecule has 0 aliphatic carbocycles. The number of benzene rings is 1. The van der Waals surface area contributed by atoms with Crippen molar-refractivity contribution in [3.05, 3.63) is 45.0 Å². The van der Waals surface area contributed by atoms with Crippen LogP contribution in [0, 0.1) is 3.57 Å². The molecule has 7 heteroatoms. The van der Waals surface area contributed by atoms with Gasteiger partial charge in [0.15, 0.2) is 0 Å². The number of hydrogen-bond donors (Lipinski definition) is 0. The minimum absolute atomic E-state index is 0.169. The molecule has 2 aliphatic rings. The highest BCUT2D eigenvalue weighted by molar-refractivity contribution is 14.1. The number of halogens is 1.